The summed E-state index contributed by atoms with van der Waals surface area (Å²) in [4.78, 5) is 13.8. The van der Waals surface area contributed by atoms with Gasteiger partial charge in [-0.3, -0.25) is 4.79 Å². The van der Waals surface area contributed by atoms with Crippen molar-refractivity contribution in [3.05, 3.63) is 0 Å². The Balaban J connectivity index is 3.91. The minimum atomic E-state index is -0.106. The van der Waals surface area contributed by atoms with E-state index in [0.29, 0.717) is 5.88 Å². The van der Waals surface area contributed by atoms with Crippen molar-refractivity contribution in [1.82, 2.24) is 10.2 Å². The van der Waals surface area contributed by atoms with E-state index in [2.05, 4.69) is 24.1 Å². The first-order valence-corrected chi connectivity index (χ1v) is 6.17. The molecule has 0 aliphatic heterocycles. The Bertz CT molecular complexity index is 183. The number of amides is 1. The number of hydrogen-bond acceptors (Lipinski definition) is 2. The molecular weight excluding hydrogens is 212 g/mol. The van der Waals surface area contributed by atoms with Gasteiger partial charge in [-0.15, -0.1) is 11.6 Å². The van der Waals surface area contributed by atoms with Gasteiger partial charge in [0.25, 0.3) is 0 Å². The summed E-state index contributed by atoms with van der Waals surface area (Å²) in [6.45, 7) is 11.0. The highest BCUT2D eigenvalue weighted by Gasteiger charge is 2.15. The van der Waals surface area contributed by atoms with Gasteiger partial charge < -0.3 is 10.2 Å². The lowest BCUT2D eigenvalue weighted by molar-refractivity contribution is -0.124. The van der Waals surface area contributed by atoms with Gasteiger partial charge in [-0.25, -0.2) is 0 Å². The molecule has 0 saturated carbocycles. The Morgan fingerprint density at radius 2 is 1.87 bits per heavy atom. The predicted octanol–water partition coefficient (Wildman–Crippen LogP) is 1.71. The van der Waals surface area contributed by atoms with Crippen LogP contribution in [0.5, 0.6) is 0 Å². The third-order valence-corrected chi connectivity index (χ3v) is 2.96. The van der Waals surface area contributed by atoms with Gasteiger partial charge in [-0.1, -0.05) is 20.8 Å². The van der Waals surface area contributed by atoms with Crippen LogP contribution in [0.4, 0.5) is 0 Å². The molecule has 1 amide bonds. The average molecular weight is 235 g/mol. The summed E-state index contributed by atoms with van der Waals surface area (Å²) in [5.41, 5.74) is 0. The lowest BCUT2D eigenvalue weighted by atomic mass is 10.2. The number of nitrogens with one attached hydrogen (secondary N) is 1. The number of hydrogen-bond donors (Lipinski definition) is 1. The molecule has 1 N–H and O–H groups in total. The third-order valence-electron chi connectivity index (χ3n) is 2.49. The molecule has 0 fully saturated rings. The fourth-order valence-corrected chi connectivity index (χ4v) is 1.51. The maximum Gasteiger partial charge on any atom is 0.224 e. The van der Waals surface area contributed by atoms with Crippen molar-refractivity contribution < 1.29 is 4.79 Å². The van der Waals surface area contributed by atoms with Gasteiger partial charge in [-0.05, 0) is 20.0 Å². The Kier molecular flexibility index (Phi) is 7.79. The van der Waals surface area contributed by atoms with Gasteiger partial charge in [-0.2, -0.15) is 0 Å². The molecule has 3 nitrogen and oxygen atoms in total. The third kappa shape index (κ3) is 6.00. The molecule has 0 radical (unpaired) electrons. The molecule has 0 aromatic rings. The van der Waals surface area contributed by atoms with Crippen LogP contribution in [0.3, 0.4) is 0 Å². The fourth-order valence-electron chi connectivity index (χ4n) is 1.37. The highest BCUT2D eigenvalue weighted by Crippen LogP contribution is 1.99. The number of carbonyl (C=O) groups is 1. The summed E-state index contributed by atoms with van der Waals surface area (Å²) >= 11 is 5.62. The number of likely N-dealkylation sites (N-methyl/N-ethyl adjacent to an activating group) is 1. The van der Waals surface area contributed by atoms with Crippen molar-refractivity contribution in [2.75, 3.05) is 25.5 Å². The fraction of sp³-hybridized carbons (Fsp3) is 0.909. The van der Waals surface area contributed by atoms with Gasteiger partial charge in [0, 0.05) is 24.4 Å². The standard InChI is InChI=1S/C11H23ClN2O/c1-5-14(6-2)8-10(4)13-11(15)9(3)7-12/h9-10H,5-8H2,1-4H3,(H,13,15). The first-order chi connectivity index (χ1) is 7.04. The van der Waals surface area contributed by atoms with E-state index in [1.54, 1.807) is 0 Å². The van der Waals surface area contributed by atoms with Crippen molar-refractivity contribution in [3.63, 3.8) is 0 Å². The van der Waals surface area contributed by atoms with Crippen molar-refractivity contribution >= 4 is 17.5 Å². The summed E-state index contributed by atoms with van der Waals surface area (Å²) in [7, 11) is 0. The summed E-state index contributed by atoms with van der Waals surface area (Å²) in [6.07, 6.45) is 0. The van der Waals surface area contributed by atoms with Gasteiger partial charge in [0.15, 0.2) is 0 Å². The zero-order valence-electron chi connectivity index (χ0n) is 10.2. The second-order valence-electron chi connectivity index (χ2n) is 3.95. The normalized spacial score (nSPS) is 15.1. The minimum absolute atomic E-state index is 0.0460. The first kappa shape index (κ1) is 14.7. The van der Waals surface area contributed by atoms with Crippen LogP contribution in [0.25, 0.3) is 0 Å². The van der Waals surface area contributed by atoms with E-state index in [9.17, 15) is 4.79 Å². The van der Waals surface area contributed by atoms with Crippen LogP contribution in [-0.2, 0) is 4.79 Å². The number of halogens is 1. The quantitative estimate of drug-likeness (QED) is 0.681. The Morgan fingerprint density at radius 3 is 2.27 bits per heavy atom. The second kappa shape index (κ2) is 7.94. The molecule has 0 aliphatic rings. The molecule has 90 valence electrons. The Labute approximate surface area is 98.2 Å². The van der Waals surface area contributed by atoms with E-state index in [4.69, 9.17) is 11.6 Å². The zero-order valence-corrected chi connectivity index (χ0v) is 11.0. The Hall–Kier alpha value is -0.280. The summed E-state index contributed by atoms with van der Waals surface area (Å²) in [5, 5.41) is 2.96. The molecule has 0 rings (SSSR count). The van der Waals surface area contributed by atoms with Crippen LogP contribution < -0.4 is 5.32 Å². The van der Waals surface area contributed by atoms with Crippen LogP contribution in [0, 0.1) is 5.92 Å². The minimum Gasteiger partial charge on any atom is -0.352 e. The molecule has 0 aliphatic carbocycles. The maximum atomic E-state index is 11.5. The van der Waals surface area contributed by atoms with Crippen LogP contribution in [0.1, 0.15) is 27.7 Å². The highest BCUT2D eigenvalue weighted by atomic mass is 35.5. The molecule has 0 aromatic carbocycles. The van der Waals surface area contributed by atoms with Gasteiger partial charge in [0.05, 0.1) is 0 Å². The molecule has 0 spiro atoms. The van der Waals surface area contributed by atoms with E-state index >= 15 is 0 Å². The molecule has 0 saturated heterocycles. The van der Waals surface area contributed by atoms with Crippen LogP contribution >= 0.6 is 11.6 Å². The van der Waals surface area contributed by atoms with Gasteiger partial charge >= 0.3 is 0 Å². The van der Waals surface area contributed by atoms with E-state index in [-0.39, 0.29) is 17.9 Å². The highest BCUT2D eigenvalue weighted by molar-refractivity contribution is 6.19. The van der Waals surface area contributed by atoms with E-state index in [1.165, 1.54) is 0 Å². The number of alkyl halides is 1. The van der Waals surface area contributed by atoms with Crippen LogP contribution in [0.15, 0.2) is 0 Å². The molecular formula is C11H23ClN2O. The maximum absolute atomic E-state index is 11.5. The zero-order chi connectivity index (χ0) is 11.8. The molecule has 2 atom stereocenters. The first-order valence-electron chi connectivity index (χ1n) is 5.63. The topological polar surface area (TPSA) is 32.3 Å². The summed E-state index contributed by atoms with van der Waals surface area (Å²) in [5.74, 6) is 0.319. The summed E-state index contributed by atoms with van der Waals surface area (Å²) < 4.78 is 0. The predicted molar refractivity (Wildman–Crippen MR) is 65.3 cm³/mol. The largest absolute Gasteiger partial charge is 0.352 e. The summed E-state index contributed by atoms with van der Waals surface area (Å²) in [6, 6.07) is 0.183. The Morgan fingerprint density at radius 1 is 1.33 bits per heavy atom. The van der Waals surface area contributed by atoms with Crippen molar-refractivity contribution in [2.24, 2.45) is 5.92 Å². The molecule has 2 unspecified atom stereocenters. The lowest BCUT2D eigenvalue weighted by Gasteiger charge is -2.24. The molecule has 0 heterocycles. The monoisotopic (exact) mass is 234 g/mol. The number of carbonyl (C=O) groups excluding carboxylic acids is 1. The molecule has 0 bridgehead atoms. The van der Waals surface area contributed by atoms with Crippen molar-refractivity contribution in [1.29, 1.82) is 0 Å². The SMILES string of the molecule is CCN(CC)CC(C)NC(=O)C(C)CCl. The van der Waals surface area contributed by atoms with Crippen molar-refractivity contribution in [2.45, 2.75) is 33.7 Å². The molecule has 4 heteroatoms. The lowest BCUT2D eigenvalue weighted by Crippen LogP contribution is -2.44. The van der Waals surface area contributed by atoms with E-state index < -0.39 is 0 Å². The van der Waals surface area contributed by atoms with E-state index in [0.717, 1.165) is 19.6 Å². The average Bonchev–Trinajstić information content (AvgIpc) is 2.24. The number of nitrogens with zero attached hydrogens (tertiary/aromatic N) is 1. The second-order valence-corrected chi connectivity index (χ2v) is 4.26. The van der Waals surface area contributed by atoms with Gasteiger partial charge in [0.1, 0.15) is 0 Å². The van der Waals surface area contributed by atoms with Crippen molar-refractivity contribution in [3.8, 4) is 0 Å². The van der Waals surface area contributed by atoms with Gasteiger partial charge in [0.2, 0.25) is 5.91 Å². The van der Waals surface area contributed by atoms with E-state index in [1.807, 2.05) is 13.8 Å². The van der Waals surface area contributed by atoms with Crippen LogP contribution in [0.2, 0.25) is 0 Å². The molecule has 15 heavy (non-hydrogen) atoms. The molecule has 0 aromatic heterocycles. The number of rotatable bonds is 7. The smallest absolute Gasteiger partial charge is 0.224 e. The van der Waals surface area contributed by atoms with Crippen LogP contribution in [-0.4, -0.2) is 42.4 Å².